The second-order valence-electron chi connectivity index (χ2n) is 4.72. The minimum Gasteiger partial charge on any atom is -0.329 e. The maximum absolute atomic E-state index is 11.9. The molecule has 0 heterocycles. The third-order valence-corrected chi connectivity index (χ3v) is 3.78. The predicted octanol–water partition coefficient (Wildman–Crippen LogP) is 2.04. The van der Waals surface area contributed by atoms with E-state index in [1.807, 2.05) is 13.8 Å². The van der Waals surface area contributed by atoms with Crippen molar-refractivity contribution in [2.45, 2.75) is 45.3 Å². The third-order valence-electron chi connectivity index (χ3n) is 2.26. The SMILES string of the molecule is CC(C)CC(CN)NS(=O)(=O)CCCC(F)(F)F.Cl. The highest BCUT2D eigenvalue weighted by Gasteiger charge is 2.27. The molecule has 0 fully saturated rings. The van der Waals surface area contributed by atoms with Gasteiger partial charge in [-0.1, -0.05) is 13.8 Å². The molecule has 0 amide bonds. The van der Waals surface area contributed by atoms with E-state index < -0.39 is 40.8 Å². The van der Waals surface area contributed by atoms with Gasteiger partial charge in [0.25, 0.3) is 0 Å². The first-order valence-corrected chi connectivity index (χ1v) is 7.48. The summed E-state index contributed by atoms with van der Waals surface area (Å²) in [6.45, 7) is 3.97. The molecule has 0 aliphatic rings. The van der Waals surface area contributed by atoms with Crippen molar-refractivity contribution in [1.82, 2.24) is 4.72 Å². The van der Waals surface area contributed by atoms with E-state index in [-0.39, 0.29) is 24.9 Å². The number of nitrogens with one attached hydrogen (secondary N) is 1. The molecule has 0 spiro atoms. The Balaban J connectivity index is 0. The predicted molar refractivity (Wildman–Crippen MR) is 71.8 cm³/mol. The van der Waals surface area contributed by atoms with Crippen LogP contribution in [0.2, 0.25) is 0 Å². The molecule has 0 bridgehead atoms. The van der Waals surface area contributed by atoms with Crippen molar-refractivity contribution in [3.05, 3.63) is 0 Å². The van der Waals surface area contributed by atoms with Gasteiger partial charge in [0.2, 0.25) is 10.0 Å². The number of halogens is 4. The van der Waals surface area contributed by atoms with Crippen molar-refractivity contribution in [1.29, 1.82) is 0 Å². The monoisotopic (exact) mass is 326 g/mol. The number of sulfonamides is 1. The van der Waals surface area contributed by atoms with Crippen LogP contribution in [-0.2, 0) is 10.0 Å². The Morgan fingerprint density at radius 1 is 1.26 bits per heavy atom. The molecule has 0 saturated carbocycles. The standard InChI is InChI=1S/C10H21F3N2O2S.ClH/c1-8(2)6-9(7-14)15-18(16,17)5-3-4-10(11,12)13;/h8-9,15H,3-7,14H2,1-2H3;1H. The normalized spacial score (nSPS) is 14.3. The van der Waals surface area contributed by atoms with E-state index >= 15 is 0 Å². The second kappa shape index (κ2) is 8.99. The lowest BCUT2D eigenvalue weighted by Gasteiger charge is -2.18. The largest absolute Gasteiger partial charge is 0.389 e. The van der Waals surface area contributed by atoms with Gasteiger partial charge >= 0.3 is 6.18 Å². The van der Waals surface area contributed by atoms with Crippen LogP contribution in [0.4, 0.5) is 13.2 Å². The van der Waals surface area contributed by atoms with Crippen LogP contribution in [-0.4, -0.2) is 32.9 Å². The molecule has 118 valence electrons. The number of alkyl halides is 3. The van der Waals surface area contributed by atoms with Crippen LogP contribution in [0.25, 0.3) is 0 Å². The molecule has 0 aromatic rings. The van der Waals surface area contributed by atoms with Gasteiger partial charge in [0.15, 0.2) is 0 Å². The van der Waals surface area contributed by atoms with E-state index in [4.69, 9.17) is 5.73 Å². The fraction of sp³-hybridized carbons (Fsp3) is 1.00. The molecular formula is C10H22ClF3N2O2S. The van der Waals surface area contributed by atoms with Crippen LogP contribution in [0.5, 0.6) is 0 Å². The average Bonchev–Trinajstić information content (AvgIpc) is 2.12. The van der Waals surface area contributed by atoms with E-state index in [1.54, 1.807) is 0 Å². The Kier molecular flexibility index (Phi) is 10.1. The summed E-state index contributed by atoms with van der Waals surface area (Å²) in [4.78, 5) is 0. The van der Waals surface area contributed by atoms with E-state index in [1.165, 1.54) is 0 Å². The summed E-state index contributed by atoms with van der Waals surface area (Å²) in [5.41, 5.74) is 5.42. The zero-order valence-electron chi connectivity index (χ0n) is 11.0. The summed E-state index contributed by atoms with van der Waals surface area (Å²) in [6.07, 6.45) is -5.28. The van der Waals surface area contributed by atoms with Gasteiger partial charge in [0.05, 0.1) is 5.75 Å². The number of nitrogens with two attached hydrogens (primary N) is 1. The first kappa shape index (κ1) is 21.3. The summed E-state index contributed by atoms with van der Waals surface area (Å²) in [6, 6.07) is -0.416. The van der Waals surface area contributed by atoms with Gasteiger partial charge in [-0.2, -0.15) is 13.2 Å². The van der Waals surface area contributed by atoms with Crippen LogP contribution < -0.4 is 10.5 Å². The van der Waals surface area contributed by atoms with Gasteiger partial charge in [-0.15, -0.1) is 12.4 Å². The first-order valence-electron chi connectivity index (χ1n) is 5.82. The smallest absolute Gasteiger partial charge is 0.329 e. The van der Waals surface area contributed by atoms with Crippen LogP contribution in [0.15, 0.2) is 0 Å². The maximum atomic E-state index is 11.9. The van der Waals surface area contributed by atoms with E-state index in [0.29, 0.717) is 6.42 Å². The molecule has 19 heavy (non-hydrogen) atoms. The van der Waals surface area contributed by atoms with Crippen molar-refractivity contribution < 1.29 is 21.6 Å². The lowest BCUT2D eigenvalue weighted by Crippen LogP contribution is -2.42. The Labute approximate surface area is 118 Å². The lowest BCUT2D eigenvalue weighted by atomic mass is 10.1. The summed E-state index contributed by atoms with van der Waals surface area (Å²) in [5, 5.41) is 0. The highest BCUT2D eigenvalue weighted by Crippen LogP contribution is 2.21. The topological polar surface area (TPSA) is 72.2 Å². The maximum Gasteiger partial charge on any atom is 0.389 e. The molecular weight excluding hydrogens is 305 g/mol. The van der Waals surface area contributed by atoms with E-state index in [9.17, 15) is 21.6 Å². The number of hydrogen-bond acceptors (Lipinski definition) is 3. The van der Waals surface area contributed by atoms with Crippen molar-refractivity contribution in [3.8, 4) is 0 Å². The minimum atomic E-state index is -4.32. The first-order chi connectivity index (χ1) is 8.06. The molecule has 3 N–H and O–H groups in total. The molecule has 0 saturated heterocycles. The molecule has 9 heteroatoms. The Morgan fingerprint density at radius 2 is 1.79 bits per heavy atom. The third kappa shape index (κ3) is 12.7. The highest BCUT2D eigenvalue weighted by atomic mass is 35.5. The van der Waals surface area contributed by atoms with Gasteiger partial charge in [-0.3, -0.25) is 0 Å². The van der Waals surface area contributed by atoms with Crippen LogP contribution in [0.1, 0.15) is 33.1 Å². The zero-order chi connectivity index (χ0) is 14.4. The molecule has 0 radical (unpaired) electrons. The summed E-state index contributed by atoms with van der Waals surface area (Å²) in [7, 11) is -3.69. The van der Waals surface area contributed by atoms with Gasteiger partial charge in [0, 0.05) is 19.0 Å². The molecule has 0 aromatic heterocycles. The molecule has 0 rings (SSSR count). The van der Waals surface area contributed by atoms with Crippen LogP contribution in [0, 0.1) is 5.92 Å². The molecule has 1 unspecified atom stereocenters. The van der Waals surface area contributed by atoms with E-state index in [0.717, 1.165) is 0 Å². The van der Waals surface area contributed by atoms with Crippen LogP contribution in [0.3, 0.4) is 0 Å². The van der Waals surface area contributed by atoms with Gasteiger partial charge < -0.3 is 5.73 Å². The molecule has 4 nitrogen and oxygen atoms in total. The Hall–Kier alpha value is -0.0500. The van der Waals surface area contributed by atoms with Crippen molar-refractivity contribution in [2.75, 3.05) is 12.3 Å². The second-order valence-corrected chi connectivity index (χ2v) is 6.59. The minimum absolute atomic E-state index is 0. The van der Waals surface area contributed by atoms with Gasteiger partial charge in [-0.25, -0.2) is 13.1 Å². The summed E-state index contributed by atoms with van der Waals surface area (Å²) < 4.78 is 61.1. The van der Waals surface area contributed by atoms with Gasteiger partial charge in [-0.05, 0) is 18.8 Å². The lowest BCUT2D eigenvalue weighted by molar-refractivity contribution is -0.134. The molecule has 0 aromatic carbocycles. The fourth-order valence-electron chi connectivity index (χ4n) is 1.54. The molecule has 1 atom stereocenters. The van der Waals surface area contributed by atoms with E-state index in [2.05, 4.69) is 4.72 Å². The quantitative estimate of drug-likeness (QED) is 0.717. The Bertz CT molecular complexity index is 334. The van der Waals surface area contributed by atoms with Crippen molar-refractivity contribution >= 4 is 22.4 Å². The zero-order valence-corrected chi connectivity index (χ0v) is 12.7. The summed E-state index contributed by atoms with van der Waals surface area (Å²) >= 11 is 0. The molecule has 0 aliphatic heterocycles. The number of hydrogen-bond donors (Lipinski definition) is 2. The van der Waals surface area contributed by atoms with Gasteiger partial charge in [0.1, 0.15) is 0 Å². The fourth-order valence-corrected chi connectivity index (χ4v) is 2.88. The average molecular weight is 327 g/mol. The molecule has 0 aliphatic carbocycles. The highest BCUT2D eigenvalue weighted by molar-refractivity contribution is 7.89. The van der Waals surface area contributed by atoms with Crippen LogP contribution >= 0.6 is 12.4 Å². The number of rotatable bonds is 8. The van der Waals surface area contributed by atoms with Crippen molar-refractivity contribution in [3.63, 3.8) is 0 Å². The van der Waals surface area contributed by atoms with Crippen molar-refractivity contribution in [2.24, 2.45) is 11.7 Å². The summed E-state index contributed by atoms with van der Waals surface area (Å²) in [5.74, 6) is -0.266. The Morgan fingerprint density at radius 3 is 2.16 bits per heavy atom.